The van der Waals surface area contributed by atoms with Crippen molar-refractivity contribution >= 4 is 19.8 Å². The number of ether oxygens (including phenoxy) is 5. The van der Waals surface area contributed by atoms with Crippen LogP contribution in [-0.2, 0) is 32.8 Å². The predicted octanol–water partition coefficient (Wildman–Crippen LogP) is 15.7. The number of nitrogens with one attached hydrogen (secondary N) is 2. The Bertz CT molecular complexity index is 2260. The molecule has 19 atom stereocenters. The van der Waals surface area contributed by atoms with Crippen molar-refractivity contribution in [3.8, 4) is 0 Å². The number of aliphatic hydroxyl groups excluding tert-OH is 2. The molecule has 14 nitrogen and oxygen atoms in total. The van der Waals surface area contributed by atoms with Crippen molar-refractivity contribution in [3.63, 3.8) is 0 Å². The lowest BCUT2D eigenvalue weighted by Crippen LogP contribution is -2.51. The number of hydrogen-bond acceptors (Lipinski definition) is 12. The van der Waals surface area contributed by atoms with Crippen LogP contribution in [0.4, 0.5) is 9.59 Å². The molecule has 6 fully saturated rings. The summed E-state index contributed by atoms with van der Waals surface area (Å²) < 4.78 is 44.7. The molecule has 8 aliphatic carbocycles. The van der Waals surface area contributed by atoms with Gasteiger partial charge in [0.25, 0.3) is 0 Å². The van der Waals surface area contributed by atoms with E-state index in [1.54, 1.807) is 12.5 Å². The van der Waals surface area contributed by atoms with Crippen molar-refractivity contribution in [2.24, 2.45) is 98.6 Å². The molecule has 0 spiro atoms. The van der Waals surface area contributed by atoms with E-state index in [1.165, 1.54) is 108 Å². The van der Waals surface area contributed by atoms with Gasteiger partial charge in [-0.15, -0.1) is 0 Å². The summed E-state index contributed by atoms with van der Waals surface area (Å²) in [6, 6.07) is 0. The summed E-state index contributed by atoms with van der Waals surface area (Å²) in [5.74, 6) is 9.57. The van der Waals surface area contributed by atoms with Gasteiger partial charge in [0.1, 0.15) is 25.9 Å². The van der Waals surface area contributed by atoms with Gasteiger partial charge in [-0.3, -0.25) is 0 Å². The first kappa shape index (κ1) is 73.4. The Kier molecular flexibility index (Phi) is 28.3. The largest absolute Gasteiger partial charge is 0.778 e. The summed E-state index contributed by atoms with van der Waals surface area (Å²) in [6.07, 6.45) is 32.2. The topological polar surface area (TPSA) is 194 Å². The Balaban J connectivity index is 0.000000255. The Morgan fingerprint density at radius 1 is 0.602 bits per heavy atom. The van der Waals surface area contributed by atoms with Gasteiger partial charge >= 0.3 is 12.2 Å². The van der Waals surface area contributed by atoms with Gasteiger partial charge in [0, 0.05) is 58.5 Å². The third kappa shape index (κ3) is 19.1. The molecule has 15 heteroatoms. The standard InChI is InChI=1S/C38H68NO8P.C35H61NO4/c1-26(2)9-7-10-28(4)33-13-14-34-32-12-11-29-21-31(15-17-37(29,5)35(32)16-18-38(33,34)6)47-36(42)39-19-8-20-45-23-30(41)24-46-48(43,44)25-27(3)22-40;1-7-38-22-23-39-21-9-20-36-33(37)40-28-16-18-34(5)27(24-28)12-13-29-31-15-14-30(26(4)11-8-10-25(2)3)35(31,6)19-17-32(29)34/h11,26-28,30-35,40-41H,7-10,12-25H2,1-6H3,(H,39,42)(H,43,44);12,25-26,28-32H,7-11,13-24H2,1-6H3,(H,36,37)/p-1/t27?,28-,30?,31-,32?,33?,34?,35?,37-,38+;26-,28-,29?,30?,31?,32?,34-,35+/m00/s1. The van der Waals surface area contributed by atoms with Crippen molar-refractivity contribution in [2.75, 3.05) is 72.1 Å². The van der Waals surface area contributed by atoms with E-state index in [4.69, 9.17) is 33.3 Å². The maximum Gasteiger partial charge on any atom is 0.407 e. The second kappa shape index (κ2) is 33.9. The molecular weight excluding hydrogens is 1130 g/mol. The number of amides is 2. The minimum absolute atomic E-state index is 0.00900. The summed E-state index contributed by atoms with van der Waals surface area (Å²) in [4.78, 5) is 37.0. The fourth-order valence-corrected chi connectivity index (χ4v) is 21.3. The normalized spacial score (nSPS) is 35.2. The summed E-state index contributed by atoms with van der Waals surface area (Å²) >= 11 is 0. The van der Waals surface area contributed by atoms with Crippen LogP contribution >= 0.6 is 7.60 Å². The lowest BCUT2D eigenvalue weighted by Gasteiger charge is -2.58. The van der Waals surface area contributed by atoms with Gasteiger partial charge in [-0.1, -0.05) is 138 Å². The lowest BCUT2D eigenvalue weighted by atomic mass is 9.47. The quantitative estimate of drug-likeness (QED) is 0.0283. The van der Waals surface area contributed by atoms with E-state index in [2.05, 4.69) is 92.0 Å². The molecule has 0 bridgehead atoms. The third-order valence-electron chi connectivity index (χ3n) is 24.7. The molecule has 508 valence electrons. The highest BCUT2D eigenvalue weighted by Gasteiger charge is 2.61. The van der Waals surface area contributed by atoms with Crippen LogP contribution in [0.2, 0.25) is 0 Å². The molecule has 88 heavy (non-hydrogen) atoms. The van der Waals surface area contributed by atoms with Crippen molar-refractivity contribution in [1.29, 1.82) is 0 Å². The van der Waals surface area contributed by atoms with Crippen LogP contribution in [0.5, 0.6) is 0 Å². The van der Waals surface area contributed by atoms with Gasteiger partial charge in [0.15, 0.2) is 0 Å². The Hall–Kier alpha value is -2.03. The first-order chi connectivity index (χ1) is 41.9. The molecule has 0 aliphatic heterocycles. The molecular formula is C73H128N2O12P-. The summed E-state index contributed by atoms with van der Waals surface area (Å²) in [7, 11) is -4.12. The number of alkyl carbamates (subject to hydrolysis) is 2. The Labute approximate surface area is 535 Å². The fraction of sp³-hybridized carbons (Fsp3) is 0.918. The third-order valence-corrected chi connectivity index (χ3v) is 26.3. The molecule has 0 saturated heterocycles. The second-order valence-corrected chi connectivity index (χ2v) is 33.4. The average Bonchev–Trinajstić information content (AvgIpc) is 1.40. The SMILES string of the molecule is CC(C)CCC[C@H](C)C1CCC2C3CC=C4C[C@@H](OC(=O)NCCCOCC(O)COP(=O)([O-])CC(C)CO)CC[C@]4(C)C3CC[C@@]21C.CCOCCOCCCNC(=O)O[C@H]1CC[C@@]2(C)C(=CCC3C4CCC([C@@H](C)CCCC(C)C)[C@@]4(C)CCC32)C1. The molecule has 0 heterocycles. The van der Waals surface area contributed by atoms with Crippen LogP contribution in [0.3, 0.4) is 0 Å². The van der Waals surface area contributed by atoms with Crippen molar-refractivity contribution < 1.29 is 57.5 Å². The number of carbonyl (C=O) groups is 2. The highest BCUT2D eigenvalue weighted by Crippen LogP contribution is 2.69. The lowest BCUT2D eigenvalue weighted by molar-refractivity contribution is -0.201. The van der Waals surface area contributed by atoms with E-state index in [9.17, 15) is 24.2 Å². The predicted molar refractivity (Wildman–Crippen MR) is 351 cm³/mol. The molecule has 0 aromatic heterocycles. The molecule has 4 N–H and O–H groups in total. The minimum atomic E-state index is -4.12. The molecule has 8 aliphatic rings. The van der Waals surface area contributed by atoms with E-state index in [1.807, 2.05) is 6.92 Å². The number of rotatable bonds is 32. The maximum absolute atomic E-state index is 12.6. The fourth-order valence-electron chi connectivity index (χ4n) is 19.9. The van der Waals surface area contributed by atoms with E-state index in [-0.39, 0.29) is 49.7 Å². The summed E-state index contributed by atoms with van der Waals surface area (Å²) in [6.45, 7) is 31.6. The van der Waals surface area contributed by atoms with Crippen LogP contribution in [0, 0.1) is 98.6 Å². The average molecular weight is 1260 g/mol. The monoisotopic (exact) mass is 1260 g/mol. The molecule has 0 aromatic rings. The number of allylic oxidation sites excluding steroid dienone is 2. The van der Waals surface area contributed by atoms with E-state index >= 15 is 0 Å². The molecule has 11 unspecified atom stereocenters. The van der Waals surface area contributed by atoms with Gasteiger partial charge < -0.3 is 58.5 Å². The molecule has 8 rings (SSSR count). The van der Waals surface area contributed by atoms with Crippen molar-refractivity contribution in [1.82, 2.24) is 10.6 Å². The number of fused-ring (bicyclic) bond motifs is 10. The van der Waals surface area contributed by atoms with Crippen molar-refractivity contribution in [2.45, 2.75) is 255 Å². The highest BCUT2D eigenvalue weighted by molar-refractivity contribution is 7.51. The Morgan fingerprint density at radius 2 is 1.07 bits per heavy atom. The zero-order valence-electron chi connectivity index (χ0n) is 57.6. The van der Waals surface area contributed by atoms with Crippen molar-refractivity contribution in [3.05, 3.63) is 23.3 Å². The van der Waals surface area contributed by atoms with Gasteiger partial charge in [0.05, 0.1) is 26.4 Å². The summed E-state index contributed by atoms with van der Waals surface area (Å²) in [5.41, 5.74) is 4.63. The van der Waals surface area contributed by atoms with E-state index in [0.717, 1.165) is 116 Å². The maximum atomic E-state index is 12.6. The van der Waals surface area contributed by atoms with E-state index in [0.29, 0.717) is 68.8 Å². The molecule has 0 aromatic carbocycles. The van der Waals surface area contributed by atoms with Gasteiger partial charge in [0.2, 0.25) is 0 Å². The highest BCUT2D eigenvalue weighted by atomic mass is 31.2. The van der Waals surface area contributed by atoms with Crippen LogP contribution in [0.1, 0.15) is 237 Å². The summed E-state index contributed by atoms with van der Waals surface area (Å²) in [5, 5.41) is 24.7. The van der Waals surface area contributed by atoms with Crippen LogP contribution in [-0.4, -0.2) is 113 Å². The smallest absolute Gasteiger partial charge is 0.407 e. The van der Waals surface area contributed by atoms with Crippen LogP contribution < -0.4 is 15.5 Å². The zero-order chi connectivity index (χ0) is 63.9. The number of hydrogen-bond donors (Lipinski definition) is 4. The number of carbonyl (C=O) groups excluding carboxylic acids is 2. The van der Waals surface area contributed by atoms with E-state index < -0.39 is 25.7 Å². The van der Waals surface area contributed by atoms with Crippen LogP contribution in [0.15, 0.2) is 23.3 Å². The molecule has 0 radical (unpaired) electrons. The second-order valence-electron chi connectivity index (χ2n) is 31.6. The number of aliphatic hydroxyl groups is 2. The Morgan fingerprint density at radius 3 is 1.52 bits per heavy atom. The van der Waals surface area contributed by atoms with Gasteiger partial charge in [-0.2, -0.15) is 0 Å². The first-order valence-corrected chi connectivity index (χ1v) is 37.8. The molecule has 6 saturated carbocycles. The first-order valence-electron chi connectivity index (χ1n) is 36.1. The van der Waals surface area contributed by atoms with Crippen LogP contribution in [0.25, 0.3) is 0 Å². The molecule has 2 amide bonds. The zero-order valence-corrected chi connectivity index (χ0v) is 58.5. The van der Waals surface area contributed by atoms with Gasteiger partial charge in [-0.25, -0.2) is 9.59 Å². The minimum Gasteiger partial charge on any atom is -0.778 e. The van der Waals surface area contributed by atoms with Gasteiger partial charge in [-0.05, 0) is 208 Å².